The molecule has 0 aliphatic carbocycles. The van der Waals surface area contributed by atoms with Crippen LogP contribution in [-0.4, -0.2) is 17.0 Å². The van der Waals surface area contributed by atoms with E-state index in [2.05, 4.69) is 0 Å². The van der Waals surface area contributed by atoms with Gasteiger partial charge in [0.25, 0.3) is 10.0 Å². The quantitative estimate of drug-likeness (QED) is 0.695. The molecule has 1 aromatic heterocycles. The van der Waals surface area contributed by atoms with Crippen LogP contribution in [0.3, 0.4) is 0 Å². The summed E-state index contributed by atoms with van der Waals surface area (Å²) in [6, 6.07) is 12.7. The van der Waals surface area contributed by atoms with Gasteiger partial charge in [0.05, 0.1) is 11.4 Å². The first kappa shape index (κ1) is 16.8. The number of benzene rings is 2. The van der Waals surface area contributed by atoms with Crippen molar-refractivity contribution in [1.82, 2.24) is 8.54 Å². The van der Waals surface area contributed by atoms with Gasteiger partial charge in [0, 0.05) is 22.4 Å². The van der Waals surface area contributed by atoms with Gasteiger partial charge in [-0.05, 0) is 42.0 Å². The van der Waals surface area contributed by atoms with E-state index in [9.17, 15) is 13.2 Å². The number of hydrogen-bond acceptors (Lipinski definition) is 3. The Bertz CT molecular complexity index is 1040. The van der Waals surface area contributed by atoms with Crippen molar-refractivity contribution in [2.75, 3.05) is 0 Å². The molecule has 0 spiro atoms. The van der Waals surface area contributed by atoms with Crippen LogP contribution in [0, 0.1) is 0 Å². The smallest absolute Gasteiger partial charge is 0.294 e. The van der Waals surface area contributed by atoms with Crippen molar-refractivity contribution in [3.05, 3.63) is 87.0 Å². The molecule has 24 heavy (non-hydrogen) atoms. The molecular weight excluding hydrogens is 371 g/mol. The molecule has 0 aliphatic heterocycles. The van der Waals surface area contributed by atoms with E-state index in [1.165, 1.54) is 41.2 Å². The Morgan fingerprint density at radius 2 is 1.62 bits per heavy atom. The fourth-order valence-electron chi connectivity index (χ4n) is 2.25. The molecular formula is C16H12Cl2N2O3S. The van der Waals surface area contributed by atoms with E-state index in [4.69, 9.17) is 23.2 Å². The summed E-state index contributed by atoms with van der Waals surface area (Å²) in [6.45, 7) is 0.225. The summed E-state index contributed by atoms with van der Waals surface area (Å²) >= 11 is 11.7. The Kier molecular flexibility index (Phi) is 4.54. The number of hydrogen-bond donors (Lipinski definition) is 0. The summed E-state index contributed by atoms with van der Waals surface area (Å²) in [5.74, 6) is 0. The van der Waals surface area contributed by atoms with E-state index in [-0.39, 0.29) is 11.4 Å². The number of halogens is 2. The molecule has 0 bridgehead atoms. The van der Waals surface area contributed by atoms with Crippen molar-refractivity contribution in [3.63, 3.8) is 0 Å². The molecule has 0 aliphatic rings. The lowest BCUT2D eigenvalue weighted by Crippen LogP contribution is -2.29. The van der Waals surface area contributed by atoms with Crippen LogP contribution in [0.15, 0.2) is 70.6 Å². The largest absolute Gasteiger partial charge is 0.342 e. The van der Waals surface area contributed by atoms with Gasteiger partial charge >= 0.3 is 5.69 Å². The fourth-order valence-corrected chi connectivity index (χ4v) is 3.82. The van der Waals surface area contributed by atoms with Crippen LogP contribution in [0.4, 0.5) is 0 Å². The molecule has 0 fully saturated rings. The number of aromatic nitrogens is 2. The second kappa shape index (κ2) is 6.47. The lowest BCUT2D eigenvalue weighted by Gasteiger charge is -2.05. The first-order valence-corrected chi connectivity index (χ1v) is 9.11. The topological polar surface area (TPSA) is 61.1 Å². The summed E-state index contributed by atoms with van der Waals surface area (Å²) in [5.41, 5.74) is 0.149. The molecule has 1 heterocycles. The van der Waals surface area contributed by atoms with Gasteiger partial charge in [0.2, 0.25) is 0 Å². The molecule has 0 atom stereocenters. The fraction of sp³-hybridized carbons (Fsp3) is 0.0625. The van der Waals surface area contributed by atoms with Gasteiger partial charge in [-0.15, -0.1) is 0 Å². The summed E-state index contributed by atoms with van der Waals surface area (Å²) in [5, 5.41) is 0.966. The van der Waals surface area contributed by atoms with Crippen LogP contribution in [0.25, 0.3) is 0 Å². The van der Waals surface area contributed by atoms with Gasteiger partial charge in [-0.1, -0.05) is 35.3 Å². The minimum absolute atomic E-state index is 0.00509. The third kappa shape index (κ3) is 3.26. The minimum Gasteiger partial charge on any atom is -0.294 e. The van der Waals surface area contributed by atoms with Gasteiger partial charge < -0.3 is 0 Å². The van der Waals surface area contributed by atoms with E-state index >= 15 is 0 Å². The highest BCUT2D eigenvalue weighted by molar-refractivity contribution is 7.90. The molecule has 0 amide bonds. The average molecular weight is 383 g/mol. The maximum absolute atomic E-state index is 12.6. The van der Waals surface area contributed by atoms with Gasteiger partial charge in [-0.2, -0.15) is 3.97 Å². The predicted molar refractivity (Wildman–Crippen MR) is 93.3 cm³/mol. The molecule has 2 aromatic carbocycles. The molecule has 3 aromatic rings. The minimum atomic E-state index is -3.97. The zero-order valence-electron chi connectivity index (χ0n) is 12.3. The molecule has 8 heteroatoms. The molecule has 124 valence electrons. The molecule has 3 rings (SSSR count). The number of imidazole rings is 1. The van der Waals surface area contributed by atoms with Gasteiger partial charge in [0.15, 0.2) is 0 Å². The molecule has 0 unspecified atom stereocenters. The summed E-state index contributed by atoms with van der Waals surface area (Å²) in [7, 11) is -3.97. The number of rotatable bonds is 4. The van der Waals surface area contributed by atoms with Crippen molar-refractivity contribution >= 4 is 33.2 Å². The van der Waals surface area contributed by atoms with Crippen molar-refractivity contribution in [3.8, 4) is 0 Å². The molecule has 0 radical (unpaired) electrons. The third-order valence-electron chi connectivity index (χ3n) is 3.43. The van der Waals surface area contributed by atoms with Crippen LogP contribution in [0.5, 0.6) is 0 Å². The Morgan fingerprint density at radius 1 is 0.917 bits per heavy atom. The normalized spacial score (nSPS) is 11.6. The Hall–Kier alpha value is -2.02. The highest BCUT2D eigenvalue weighted by Crippen LogP contribution is 2.16. The van der Waals surface area contributed by atoms with Crippen molar-refractivity contribution in [2.45, 2.75) is 11.4 Å². The lowest BCUT2D eigenvalue weighted by atomic mass is 10.2. The molecule has 0 saturated heterocycles. The SMILES string of the molecule is O=c1n(Cc2cccc(Cl)c2)ccn1S(=O)(=O)c1ccc(Cl)cc1. The van der Waals surface area contributed by atoms with Crippen LogP contribution in [0.1, 0.15) is 5.56 Å². The first-order chi connectivity index (χ1) is 11.4. The highest BCUT2D eigenvalue weighted by Gasteiger charge is 2.20. The van der Waals surface area contributed by atoms with Crippen LogP contribution < -0.4 is 5.69 Å². The van der Waals surface area contributed by atoms with Crippen LogP contribution in [0.2, 0.25) is 10.0 Å². The standard InChI is InChI=1S/C16H12Cl2N2O3S/c17-13-4-6-15(7-5-13)24(22,23)20-9-8-19(16(20)21)11-12-2-1-3-14(18)10-12/h1-10H,11H2. The van der Waals surface area contributed by atoms with Crippen molar-refractivity contribution in [1.29, 1.82) is 0 Å². The third-order valence-corrected chi connectivity index (χ3v) is 5.58. The monoisotopic (exact) mass is 382 g/mol. The maximum atomic E-state index is 12.6. The molecule has 0 saturated carbocycles. The zero-order chi connectivity index (χ0) is 17.3. The second-order valence-corrected chi connectivity index (χ2v) is 7.78. The van der Waals surface area contributed by atoms with Crippen LogP contribution in [-0.2, 0) is 16.6 Å². The first-order valence-electron chi connectivity index (χ1n) is 6.91. The summed E-state index contributed by atoms with van der Waals surface area (Å²) in [6.07, 6.45) is 2.66. The van der Waals surface area contributed by atoms with E-state index < -0.39 is 15.7 Å². The van der Waals surface area contributed by atoms with Gasteiger partial charge in [-0.3, -0.25) is 4.57 Å². The van der Waals surface area contributed by atoms with Crippen molar-refractivity contribution < 1.29 is 8.42 Å². The molecule has 5 nitrogen and oxygen atoms in total. The lowest BCUT2D eigenvalue weighted by molar-refractivity contribution is 0.583. The van der Waals surface area contributed by atoms with Gasteiger partial charge in [0.1, 0.15) is 0 Å². The number of nitrogens with zero attached hydrogens (tertiary/aromatic N) is 2. The van der Waals surface area contributed by atoms with E-state index in [0.29, 0.717) is 14.0 Å². The molecule has 0 N–H and O–H groups in total. The van der Waals surface area contributed by atoms with Crippen molar-refractivity contribution in [2.24, 2.45) is 0 Å². The second-order valence-electron chi connectivity index (χ2n) is 5.09. The Morgan fingerprint density at radius 3 is 2.29 bits per heavy atom. The van der Waals surface area contributed by atoms with E-state index in [0.717, 1.165) is 5.56 Å². The van der Waals surface area contributed by atoms with Gasteiger partial charge in [-0.25, -0.2) is 13.2 Å². The Balaban J connectivity index is 1.98. The maximum Gasteiger partial charge on any atom is 0.342 e. The Labute approximate surface area is 148 Å². The predicted octanol–water partition coefficient (Wildman–Crippen LogP) is 3.24. The van der Waals surface area contributed by atoms with E-state index in [1.54, 1.807) is 18.2 Å². The van der Waals surface area contributed by atoms with Crippen LogP contribution >= 0.6 is 23.2 Å². The van der Waals surface area contributed by atoms with E-state index in [1.807, 2.05) is 6.07 Å². The summed E-state index contributed by atoms with van der Waals surface area (Å²) in [4.78, 5) is 12.4. The average Bonchev–Trinajstić information content (AvgIpc) is 2.89. The summed E-state index contributed by atoms with van der Waals surface area (Å²) < 4.78 is 27.2. The zero-order valence-corrected chi connectivity index (χ0v) is 14.6. The highest BCUT2D eigenvalue weighted by atomic mass is 35.5.